The zero-order chi connectivity index (χ0) is 11.5. The fourth-order valence-electron chi connectivity index (χ4n) is 1.61. The molecule has 84 valence electrons. The first-order valence-corrected chi connectivity index (χ1v) is 6.34. The van der Waals surface area contributed by atoms with Crippen molar-refractivity contribution in [2.45, 2.75) is 12.8 Å². The van der Waals surface area contributed by atoms with Crippen LogP contribution in [0.5, 0.6) is 0 Å². The van der Waals surface area contributed by atoms with E-state index in [0.29, 0.717) is 6.54 Å². The highest BCUT2D eigenvalue weighted by Gasteiger charge is 2.15. The van der Waals surface area contributed by atoms with Crippen LogP contribution in [0.15, 0.2) is 29.6 Å². The van der Waals surface area contributed by atoms with Gasteiger partial charge in [-0.15, -0.1) is 11.3 Å². The van der Waals surface area contributed by atoms with Crippen molar-refractivity contribution in [1.82, 2.24) is 4.98 Å². The maximum atomic E-state index is 5.87. The van der Waals surface area contributed by atoms with Crippen LogP contribution in [0.2, 0.25) is 5.02 Å². The van der Waals surface area contributed by atoms with Gasteiger partial charge in [0.25, 0.3) is 0 Å². The van der Waals surface area contributed by atoms with Gasteiger partial charge >= 0.3 is 0 Å². The number of aromatic nitrogens is 1. The molecule has 2 nitrogen and oxygen atoms in total. The third-order valence-corrected chi connectivity index (χ3v) is 3.77. The van der Waals surface area contributed by atoms with Gasteiger partial charge in [-0.05, 0) is 24.6 Å². The predicted octanol–water partition coefficient (Wildman–Crippen LogP) is 3.20. The van der Waals surface area contributed by atoms with Gasteiger partial charge in [0.2, 0.25) is 0 Å². The zero-order valence-electron chi connectivity index (χ0n) is 8.98. The van der Waals surface area contributed by atoms with Crippen LogP contribution in [0.25, 0.3) is 0 Å². The van der Waals surface area contributed by atoms with E-state index < -0.39 is 0 Å². The largest absolute Gasteiger partial charge is 0.329 e. The summed E-state index contributed by atoms with van der Waals surface area (Å²) in [5.41, 5.74) is 8.03. The summed E-state index contributed by atoms with van der Waals surface area (Å²) < 4.78 is 0. The van der Waals surface area contributed by atoms with Crippen LogP contribution in [0, 0.1) is 6.92 Å². The van der Waals surface area contributed by atoms with Crippen molar-refractivity contribution >= 4 is 22.9 Å². The molecule has 1 aromatic heterocycles. The van der Waals surface area contributed by atoms with Crippen LogP contribution >= 0.6 is 22.9 Å². The minimum absolute atomic E-state index is 0.177. The van der Waals surface area contributed by atoms with E-state index >= 15 is 0 Å². The topological polar surface area (TPSA) is 38.9 Å². The smallest absolute Gasteiger partial charge is 0.102 e. The third kappa shape index (κ3) is 2.43. The van der Waals surface area contributed by atoms with E-state index in [1.807, 2.05) is 36.6 Å². The maximum Gasteiger partial charge on any atom is 0.102 e. The van der Waals surface area contributed by atoms with Crippen molar-refractivity contribution in [1.29, 1.82) is 0 Å². The lowest BCUT2D eigenvalue weighted by molar-refractivity contribution is 0.806. The first-order valence-electron chi connectivity index (χ1n) is 5.08. The van der Waals surface area contributed by atoms with Crippen LogP contribution in [0.1, 0.15) is 22.2 Å². The van der Waals surface area contributed by atoms with Crippen molar-refractivity contribution in [2.75, 3.05) is 6.54 Å². The Bertz CT molecular complexity index is 464. The average Bonchev–Trinajstić information content (AvgIpc) is 2.69. The number of hydrogen-bond acceptors (Lipinski definition) is 3. The molecule has 2 rings (SSSR count). The summed E-state index contributed by atoms with van der Waals surface area (Å²) in [4.78, 5) is 4.49. The first kappa shape index (κ1) is 11.6. The lowest BCUT2D eigenvalue weighted by Gasteiger charge is -2.12. The quantitative estimate of drug-likeness (QED) is 0.911. The molecule has 2 aromatic rings. The number of nitrogens with zero attached hydrogens (tertiary/aromatic N) is 1. The molecule has 0 aliphatic carbocycles. The standard InChI is InChI=1S/C12H13ClN2S/c1-8-7-16-12(15-8)11(6-14)9-2-4-10(13)5-3-9/h2-5,7,11H,6,14H2,1H3. The molecule has 1 atom stereocenters. The summed E-state index contributed by atoms with van der Waals surface area (Å²) in [6, 6.07) is 7.80. The average molecular weight is 253 g/mol. The Morgan fingerprint density at radius 2 is 2.06 bits per heavy atom. The monoisotopic (exact) mass is 252 g/mol. The highest BCUT2D eigenvalue weighted by atomic mass is 35.5. The molecule has 0 aliphatic rings. The minimum Gasteiger partial charge on any atom is -0.329 e. The van der Waals surface area contributed by atoms with Crippen LogP contribution in [-0.4, -0.2) is 11.5 Å². The van der Waals surface area contributed by atoms with Crippen LogP contribution in [-0.2, 0) is 0 Å². The van der Waals surface area contributed by atoms with Gasteiger partial charge in [0, 0.05) is 28.6 Å². The molecule has 1 heterocycles. The molecule has 0 aliphatic heterocycles. The summed E-state index contributed by atoms with van der Waals surface area (Å²) in [5.74, 6) is 0.177. The Morgan fingerprint density at radius 3 is 2.56 bits per heavy atom. The van der Waals surface area contributed by atoms with Gasteiger partial charge in [-0.2, -0.15) is 0 Å². The first-order chi connectivity index (χ1) is 7.70. The maximum absolute atomic E-state index is 5.87. The molecule has 0 bridgehead atoms. The second-order valence-corrected chi connectivity index (χ2v) is 4.99. The van der Waals surface area contributed by atoms with Gasteiger partial charge in [-0.1, -0.05) is 23.7 Å². The van der Waals surface area contributed by atoms with Gasteiger partial charge in [-0.3, -0.25) is 0 Å². The molecule has 0 saturated carbocycles. The summed E-state index contributed by atoms with van der Waals surface area (Å²) in [7, 11) is 0. The summed E-state index contributed by atoms with van der Waals surface area (Å²) in [5, 5.41) is 3.87. The van der Waals surface area contributed by atoms with E-state index in [1.165, 1.54) is 5.56 Å². The molecule has 4 heteroatoms. The lowest BCUT2D eigenvalue weighted by Crippen LogP contribution is -2.13. The summed E-state index contributed by atoms with van der Waals surface area (Å²) >= 11 is 7.52. The Labute approximate surface area is 104 Å². The van der Waals surface area contributed by atoms with E-state index in [1.54, 1.807) is 11.3 Å². The summed E-state index contributed by atoms with van der Waals surface area (Å²) in [6.07, 6.45) is 0. The molecular weight excluding hydrogens is 240 g/mol. The van der Waals surface area contributed by atoms with Gasteiger partial charge in [0.05, 0.1) is 0 Å². The molecular formula is C12H13ClN2S. The Morgan fingerprint density at radius 1 is 1.38 bits per heavy atom. The highest BCUT2D eigenvalue weighted by Crippen LogP contribution is 2.27. The molecule has 2 N–H and O–H groups in total. The lowest BCUT2D eigenvalue weighted by atomic mass is 10.0. The molecule has 16 heavy (non-hydrogen) atoms. The molecule has 0 radical (unpaired) electrons. The van der Waals surface area contributed by atoms with Gasteiger partial charge in [0.15, 0.2) is 0 Å². The van der Waals surface area contributed by atoms with Crippen molar-refractivity contribution < 1.29 is 0 Å². The molecule has 1 unspecified atom stereocenters. The third-order valence-electron chi connectivity index (χ3n) is 2.44. The number of nitrogens with two attached hydrogens (primary N) is 1. The van der Waals surface area contributed by atoms with E-state index in [4.69, 9.17) is 17.3 Å². The van der Waals surface area contributed by atoms with Crippen molar-refractivity contribution in [3.63, 3.8) is 0 Å². The fraction of sp³-hybridized carbons (Fsp3) is 0.250. The number of rotatable bonds is 3. The molecule has 0 amide bonds. The fourth-order valence-corrected chi connectivity index (χ4v) is 2.67. The van der Waals surface area contributed by atoms with Gasteiger partial charge in [-0.25, -0.2) is 4.98 Å². The minimum atomic E-state index is 0.177. The normalized spacial score (nSPS) is 12.7. The van der Waals surface area contributed by atoms with E-state index in [-0.39, 0.29) is 5.92 Å². The van der Waals surface area contributed by atoms with Crippen LogP contribution < -0.4 is 5.73 Å². The second kappa shape index (κ2) is 4.95. The van der Waals surface area contributed by atoms with E-state index in [9.17, 15) is 0 Å². The Kier molecular flexibility index (Phi) is 3.59. The molecule has 0 fully saturated rings. The van der Waals surface area contributed by atoms with Crippen molar-refractivity contribution in [3.05, 3.63) is 50.9 Å². The second-order valence-electron chi connectivity index (χ2n) is 3.67. The van der Waals surface area contributed by atoms with E-state index in [0.717, 1.165) is 15.7 Å². The highest BCUT2D eigenvalue weighted by molar-refractivity contribution is 7.09. The van der Waals surface area contributed by atoms with E-state index in [2.05, 4.69) is 4.98 Å². The van der Waals surface area contributed by atoms with Gasteiger partial charge < -0.3 is 5.73 Å². The van der Waals surface area contributed by atoms with Gasteiger partial charge in [0.1, 0.15) is 5.01 Å². The number of thiazole rings is 1. The number of benzene rings is 1. The van der Waals surface area contributed by atoms with Crippen molar-refractivity contribution in [3.8, 4) is 0 Å². The molecule has 0 saturated heterocycles. The molecule has 0 spiro atoms. The Balaban J connectivity index is 2.32. The Hall–Kier alpha value is -0.900. The zero-order valence-corrected chi connectivity index (χ0v) is 10.6. The van der Waals surface area contributed by atoms with Crippen LogP contribution in [0.3, 0.4) is 0 Å². The number of halogens is 1. The van der Waals surface area contributed by atoms with Crippen LogP contribution in [0.4, 0.5) is 0 Å². The molecule has 1 aromatic carbocycles. The number of aryl methyl sites for hydroxylation is 1. The SMILES string of the molecule is Cc1csc(C(CN)c2ccc(Cl)cc2)n1. The summed E-state index contributed by atoms with van der Waals surface area (Å²) in [6.45, 7) is 2.56. The number of hydrogen-bond donors (Lipinski definition) is 1. The predicted molar refractivity (Wildman–Crippen MR) is 69.2 cm³/mol. The van der Waals surface area contributed by atoms with Crippen molar-refractivity contribution in [2.24, 2.45) is 5.73 Å².